The quantitative estimate of drug-likeness (QED) is 0.757. The molecule has 0 heterocycles. The first-order chi connectivity index (χ1) is 9.85. The Morgan fingerprint density at radius 1 is 1.38 bits per heavy atom. The minimum atomic E-state index is -0.540. The van der Waals surface area contributed by atoms with Crippen molar-refractivity contribution in [2.45, 2.75) is 46.3 Å². The van der Waals surface area contributed by atoms with E-state index in [0.29, 0.717) is 6.54 Å². The summed E-state index contributed by atoms with van der Waals surface area (Å²) >= 11 is 0. The van der Waals surface area contributed by atoms with Crippen LogP contribution in [0.5, 0.6) is 5.75 Å². The zero-order chi connectivity index (χ0) is 16.0. The van der Waals surface area contributed by atoms with E-state index in [2.05, 4.69) is 24.0 Å². The molecule has 4 nitrogen and oxygen atoms in total. The molecule has 1 aromatic rings. The third-order valence-electron chi connectivity index (χ3n) is 3.16. The van der Waals surface area contributed by atoms with E-state index in [4.69, 9.17) is 10.5 Å². The number of carbonyl (C=O) groups excluding carboxylic acids is 1. The maximum atomic E-state index is 11.8. The van der Waals surface area contributed by atoms with E-state index in [-0.39, 0.29) is 11.9 Å². The molecule has 21 heavy (non-hydrogen) atoms. The molecule has 0 fully saturated rings. The van der Waals surface area contributed by atoms with E-state index in [1.807, 2.05) is 20.8 Å². The molecule has 0 aliphatic rings. The average molecular weight is 290 g/mol. The second kappa shape index (κ2) is 7.84. The molecule has 4 heteroatoms. The SMILES string of the molecule is C=CCNC(=O)C(C)Oc1c(C)cc(CC(C)N)cc1C. The normalized spacial score (nSPS) is 13.4. The van der Waals surface area contributed by atoms with Crippen LogP contribution >= 0.6 is 0 Å². The number of carbonyl (C=O) groups is 1. The molecule has 1 rings (SSSR count). The predicted molar refractivity (Wildman–Crippen MR) is 86.6 cm³/mol. The van der Waals surface area contributed by atoms with Crippen LogP contribution in [0.3, 0.4) is 0 Å². The van der Waals surface area contributed by atoms with Gasteiger partial charge in [-0.3, -0.25) is 4.79 Å². The zero-order valence-corrected chi connectivity index (χ0v) is 13.4. The molecule has 2 atom stereocenters. The van der Waals surface area contributed by atoms with Crippen molar-refractivity contribution in [3.63, 3.8) is 0 Å². The Kier molecular flexibility index (Phi) is 6.43. The molecule has 0 aromatic heterocycles. The standard InChI is InChI=1S/C17H26N2O2/c1-6-7-19-17(20)14(5)21-16-11(2)8-15(9-12(16)3)10-13(4)18/h6,8-9,13-14H,1,7,10,18H2,2-5H3,(H,19,20). The summed E-state index contributed by atoms with van der Waals surface area (Å²) in [6.45, 7) is 11.7. The number of rotatable bonds is 7. The first-order valence-electron chi connectivity index (χ1n) is 7.26. The van der Waals surface area contributed by atoms with Gasteiger partial charge in [0, 0.05) is 12.6 Å². The monoisotopic (exact) mass is 290 g/mol. The van der Waals surface area contributed by atoms with Crippen LogP contribution in [0.2, 0.25) is 0 Å². The van der Waals surface area contributed by atoms with Crippen LogP contribution in [-0.2, 0) is 11.2 Å². The summed E-state index contributed by atoms with van der Waals surface area (Å²) in [6, 6.07) is 4.26. The minimum Gasteiger partial charge on any atom is -0.480 e. The Balaban J connectivity index is 2.84. The van der Waals surface area contributed by atoms with Crippen molar-refractivity contribution in [1.82, 2.24) is 5.32 Å². The fourth-order valence-electron chi connectivity index (χ4n) is 2.26. The molecule has 0 saturated carbocycles. The second-order valence-electron chi connectivity index (χ2n) is 5.53. The number of hydrogen-bond donors (Lipinski definition) is 2. The Labute approximate surface area is 127 Å². The molecule has 0 aliphatic carbocycles. The largest absolute Gasteiger partial charge is 0.480 e. The first-order valence-corrected chi connectivity index (χ1v) is 7.26. The number of amides is 1. The third kappa shape index (κ3) is 5.23. The van der Waals surface area contributed by atoms with E-state index < -0.39 is 6.10 Å². The molecule has 1 aromatic carbocycles. The molecule has 0 bridgehead atoms. The summed E-state index contributed by atoms with van der Waals surface area (Å²) < 4.78 is 5.82. The number of hydrogen-bond acceptors (Lipinski definition) is 3. The Hall–Kier alpha value is -1.81. The van der Waals surface area contributed by atoms with Crippen molar-refractivity contribution in [3.8, 4) is 5.75 Å². The van der Waals surface area contributed by atoms with Gasteiger partial charge in [0.2, 0.25) is 0 Å². The van der Waals surface area contributed by atoms with Crippen molar-refractivity contribution in [2.24, 2.45) is 5.73 Å². The summed E-state index contributed by atoms with van der Waals surface area (Å²) in [5.74, 6) is 0.623. The summed E-state index contributed by atoms with van der Waals surface area (Å²) in [4.78, 5) is 11.8. The van der Waals surface area contributed by atoms with Gasteiger partial charge in [0.25, 0.3) is 5.91 Å². The van der Waals surface area contributed by atoms with E-state index in [0.717, 1.165) is 23.3 Å². The summed E-state index contributed by atoms with van der Waals surface area (Å²) in [5.41, 5.74) is 9.07. The van der Waals surface area contributed by atoms with Gasteiger partial charge in [-0.2, -0.15) is 0 Å². The molecule has 0 aliphatic heterocycles. The number of aryl methyl sites for hydroxylation is 2. The van der Waals surface area contributed by atoms with Crippen LogP contribution in [0.25, 0.3) is 0 Å². The highest BCUT2D eigenvalue weighted by molar-refractivity contribution is 5.80. The Bertz CT molecular complexity index is 487. The van der Waals surface area contributed by atoms with Gasteiger partial charge in [-0.25, -0.2) is 0 Å². The molecule has 0 saturated heterocycles. The van der Waals surface area contributed by atoms with Crippen LogP contribution < -0.4 is 15.8 Å². The van der Waals surface area contributed by atoms with E-state index in [1.165, 1.54) is 5.56 Å². The molecular weight excluding hydrogens is 264 g/mol. The van der Waals surface area contributed by atoms with E-state index in [1.54, 1.807) is 13.0 Å². The topological polar surface area (TPSA) is 64.3 Å². The third-order valence-corrected chi connectivity index (χ3v) is 3.16. The van der Waals surface area contributed by atoms with Crippen molar-refractivity contribution >= 4 is 5.91 Å². The smallest absolute Gasteiger partial charge is 0.261 e. The van der Waals surface area contributed by atoms with Crippen molar-refractivity contribution in [1.29, 1.82) is 0 Å². The van der Waals surface area contributed by atoms with E-state index in [9.17, 15) is 4.79 Å². The van der Waals surface area contributed by atoms with Gasteiger partial charge in [-0.1, -0.05) is 18.2 Å². The average Bonchev–Trinajstić information content (AvgIpc) is 2.39. The van der Waals surface area contributed by atoms with Crippen LogP contribution in [0, 0.1) is 13.8 Å². The number of nitrogens with one attached hydrogen (secondary N) is 1. The lowest BCUT2D eigenvalue weighted by Gasteiger charge is -2.19. The van der Waals surface area contributed by atoms with Gasteiger partial charge >= 0.3 is 0 Å². The predicted octanol–water partition coefficient (Wildman–Crippen LogP) is 2.26. The van der Waals surface area contributed by atoms with Gasteiger partial charge in [0.05, 0.1) is 0 Å². The molecule has 1 amide bonds. The van der Waals surface area contributed by atoms with E-state index >= 15 is 0 Å². The lowest BCUT2D eigenvalue weighted by molar-refractivity contribution is -0.127. The molecule has 0 radical (unpaired) electrons. The number of ether oxygens (including phenoxy) is 1. The van der Waals surface area contributed by atoms with Crippen LogP contribution in [0.4, 0.5) is 0 Å². The van der Waals surface area contributed by atoms with Crippen molar-refractivity contribution in [2.75, 3.05) is 6.54 Å². The van der Waals surface area contributed by atoms with Gasteiger partial charge < -0.3 is 15.8 Å². The number of benzene rings is 1. The lowest BCUT2D eigenvalue weighted by atomic mass is 10.0. The fourth-order valence-corrected chi connectivity index (χ4v) is 2.26. The Morgan fingerprint density at radius 3 is 2.43 bits per heavy atom. The van der Waals surface area contributed by atoms with Crippen LogP contribution in [-0.4, -0.2) is 24.6 Å². The Morgan fingerprint density at radius 2 is 1.95 bits per heavy atom. The van der Waals surface area contributed by atoms with Crippen molar-refractivity contribution < 1.29 is 9.53 Å². The van der Waals surface area contributed by atoms with Crippen LogP contribution in [0.15, 0.2) is 24.8 Å². The molecule has 3 N–H and O–H groups in total. The van der Waals surface area contributed by atoms with Crippen molar-refractivity contribution in [3.05, 3.63) is 41.5 Å². The van der Waals surface area contributed by atoms with Gasteiger partial charge in [-0.15, -0.1) is 6.58 Å². The number of nitrogens with two attached hydrogens (primary N) is 1. The highest BCUT2D eigenvalue weighted by Gasteiger charge is 2.16. The maximum absolute atomic E-state index is 11.8. The maximum Gasteiger partial charge on any atom is 0.261 e. The zero-order valence-electron chi connectivity index (χ0n) is 13.4. The van der Waals surface area contributed by atoms with Gasteiger partial charge in [0.15, 0.2) is 6.10 Å². The lowest BCUT2D eigenvalue weighted by Crippen LogP contribution is -2.36. The van der Waals surface area contributed by atoms with Gasteiger partial charge in [0.1, 0.15) is 5.75 Å². The highest BCUT2D eigenvalue weighted by atomic mass is 16.5. The van der Waals surface area contributed by atoms with Gasteiger partial charge in [-0.05, 0) is 50.8 Å². The summed E-state index contributed by atoms with van der Waals surface area (Å²) in [6.07, 6.45) is 1.93. The summed E-state index contributed by atoms with van der Waals surface area (Å²) in [7, 11) is 0. The fraction of sp³-hybridized carbons (Fsp3) is 0.471. The summed E-state index contributed by atoms with van der Waals surface area (Å²) in [5, 5.41) is 2.73. The highest BCUT2D eigenvalue weighted by Crippen LogP contribution is 2.26. The van der Waals surface area contributed by atoms with Crippen LogP contribution in [0.1, 0.15) is 30.5 Å². The molecule has 0 spiro atoms. The minimum absolute atomic E-state index is 0.124. The second-order valence-corrected chi connectivity index (χ2v) is 5.53. The molecule has 2 unspecified atom stereocenters. The molecule has 116 valence electrons. The first kappa shape index (κ1) is 17.2. The molecular formula is C17H26N2O2.